The first kappa shape index (κ1) is 19.6. The molecule has 0 fully saturated rings. The van der Waals surface area contributed by atoms with Gasteiger partial charge in [-0.25, -0.2) is 0 Å². The Kier molecular flexibility index (Phi) is 6.44. The van der Waals surface area contributed by atoms with Crippen molar-refractivity contribution in [3.63, 3.8) is 0 Å². The van der Waals surface area contributed by atoms with Crippen LogP contribution in [0.1, 0.15) is 52.0 Å². The molecule has 26 heavy (non-hydrogen) atoms. The number of benzene rings is 2. The average Bonchev–Trinajstić information content (AvgIpc) is 2.60. The Balaban J connectivity index is 2.37. The number of hydrogen-bond acceptors (Lipinski definition) is 5. The van der Waals surface area contributed by atoms with Gasteiger partial charge < -0.3 is 5.11 Å². The number of nitrogens with zero attached hydrogens (tertiary/aromatic N) is 3. The fourth-order valence-corrected chi connectivity index (χ4v) is 2.80. The third-order valence-corrected chi connectivity index (χ3v) is 4.51. The normalized spacial score (nSPS) is 11.8. The van der Waals surface area contributed by atoms with Gasteiger partial charge in [-0.2, -0.15) is 0 Å². The Hall–Kier alpha value is -2.76. The lowest BCUT2D eigenvalue weighted by Crippen LogP contribution is -2.17. The monoisotopic (exact) mass is 355 g/mol. The van der Waals surface area contributed by atoms with Crippen LogP contribution in [0.3, 0.4) is 0 Å². The Labute approximate surface area is 153 Å². The summed E-state index contributed by atoms with van der Waals surface area (Å²) in [7, 11) is 0. The molecular formula is C20H25N3O3. The van der Waals surface area contributed by atoms with Gasteiger partial charge in [0, 0.05) is 6.07 Å². The molecule has 0 radical (unpaired) electrons. The van der Waals surface area contributed by atoms with E-state index >= 15 is 0 Å². The highest BCUT2D eigenvalue weighted by Gasteiger charge is 2.23. The average molecular weight is 355 g/mol. The van der Waals surface area contributed by atoms with E-state index in [0.717, 1.165) is 31.2 Å². The van der Waals surface area contributed by atoms with E-state index in [1.54, 1.807) is 30.3 Å². The van der Waals surface area contributed by atoms with E-state index in [2.05, 4.69) is 31.0 Å². The molecule has 2 aromatic carbocycles. The number of unbranched alkanes of at least 4 members (excludes halogenated alkanes) is 2. The molecule has 6 heteroatoms. The Bertz CT molecular complexity index is 801. The number of phenolic OH excluding ortho intramolecular Hbond substituents is 1. The maximum absolute atomic E-state index is 11.3. The van der Waals surface area contributed by atoms with Crippen molar-refractivity contribution < 1.29 is 10.0 Å². The molecule has 1 N–H and O–H groups in total. The standard InChI is InChI=1S/C20H25N3O3/c1-4-5-8-13-20(2,3)15-11-12-18(23(25)26)17(14-15)22-21-16-9-6-7-10-19(16)24/h6-7,9-12,14,24H,4-5,8,13H2,1-3H3. The lowest BCUT2D eigenvalue weighted by Gasteiger charge is -2.25. The maximum atomic E-state index is 11.3. The van der Waals surface area contributed by atoms with E-state index in [1.165, 1.54) is 12.1 Å². The minimum absolute atomic E-state index is 0.0186. The first-order valence-electron chi connectivity index (χ1n) is 8.84. The quantitative estimate of drug-likeness (QED) is 0.251. The number of aromatic hydroxyl groups is 1. The lowest BCUT2D eigenvalue weighted by atomic mass is 9.80. The summed E-state index contributed by atoms with van der Waals surface area (Å²) in [5.41, 5.74) is 1.25. The summed E-state index contributed by atoms with van der Waals surface area (Å²) in [6.07, 6.45) is 4.41. The summed E-state index contributed by atoms with van der Waals surface area (Å²) >= 11 is 0. The van der Waals surface area contributed by atoms with Crippen molar-refractivity contribution in [2.75, 3.05) is 0 Å². The zero-order valence-corrected chi connectivity index (χ0v) is 15.5. The summed E-state index contributed by atoms with van der Waals surface area (Å²) in [6, 6.07) is 11.5. The molecule has 0 amide bonds. The van der Waals surface area contributed by atoms with Gasteiger partial charge in [0.2, 0.25) is 0 Å². The third-order valence-electron chi connectivity index (χ3n) is 4.51. The zero-order chi connectivity index (χ0) is 19.2. The molecule has 0 aliphatic carbocycles. The predicted octanol–water partition coefficient (Wildman–Crippen LogP) is 6.57. The molecule has 2 aromatic rings. The van der Waals surface area contributed by atoms with Gasteiger partial charge in [0.25, 0.3) is 5.69 Å². The first-order chi connectivity index (χ1) is 12.3. The molecule has 0 heterocycles. The minimum atomic E-state index is -0.465. The molecule has 0 aliphatic heterocycles. The molecule has 0 aliphatic rings. The second-order valence-corrected chi connectivity index (χ2v) is 6.99. The third kappa shape index (κ3) is 4.88. The van der Waals surface area contributed by atoms with Crippen molar-refractivity contribution in [1.29, 1.82) is 0 Å². The van der Waals surface area contributed by atoms with Crippen molar-refractivity contribution in [2.24, 2.45) is 10.2 Å². The van der Waals surface area contributed by atoms with Crippen molar-refractivity contribution in [1.82, 2.24) is 0 Å². The van der Waals surface area contributed by atoms with Crippen molar-refractivity contribution in [3.05, 3.63) is 58.1 Å². The zero-order valence-electron chi connectivity index (χ0n) is 15.5. The number of para-hydroxylation sites is 1. The van der Waals surface area contributed by atoms with E-state index in [-0.39, 0.29) is 28.2 Å². The lowest BCUT2D eigenvalue weighted by molar-refractivity contribution is -0.384. The van der Waals surface area contributed by atoms with Gasteiger partial charge in [-0.05, 0) is 35.6 Å². The van der Waals surface area contributed by atoms with Gasteiger partial charge in [0.1, 0.15) is 11.4 Å². The fourth-order valence-electron chi connectivity index (χ4n) is 2.80. The molecule has 0 spiro atoms. The summed E-state index contributed by atoms with van der Waals surface area (Å²) < 4.78 is 0. The van der Waals surface area contributed by atoms with Crippen LogP contribution in [0.5, 0.6) is 5.75 Å². The second kappa shape index (κ2) is 8.56. The van der Waals surface area contributed by atoms with E-state index in [0.29, 0.717) is 0 Å². The van der Waals surface area contributed by atoms with Gasteiger partial charge in [-0.1, -0.05) is 58.2 Å². The fraction of sp³-hybridized carbons (Fsp3) is 0.400. The van der Waals surface area contributed by atoms with Crippen LogP contribution in [0.15, 0.2) is 52.7 Å². The van der Waals surface area contributed by atoms with Crippen molar-refractivity contribution >= 4 is 17.1 Å². The van der Waals surface area contributed by atoms with E-state index < -0.39 is 4.92 Å². The van der Waals surface area contributed by atoms with E-state index in [9.17, 15) is 15.2 Å². The van der Waals surface area contributed by atoms with Crippen LogP contribution in [0.25, 0.3) is 0 Å². The molecule has 0 bridgehead atoms. The van der Waals surface area contributed by atoms with Crippen molar-refractivity contribution in [2.45, 2.75) is 51.9 Å². The highest BCUT2D eigenvalue weighted by molar-refractivity contribution is 5.60. The molecule has 0 saturated carbocycles. The molecule has 0 atom stereocenters. The molecule has 6 nitrogen and oxygen atoms in total. The van der Waals surface area contributed by atoms with Crippen LogP contribution in [0.2, 0.25) is 0 Å². The Morgan fingerprint density at radius 1 is 1.08 bits per heavy atom. The topological polar surface area (TPSA) is 88.1 Å². The van der Waals surface area contributed by atoms with Gasteiger partial charge in [0.15, 0.2) is 5.69 Å². The van der Waals surface area contributed by atoms with E-state index in [1.807, 2.05) is 0 Å². The highest BCUT2D eigenvalue weighted by atomic mass is 16.6. The summed E-state index contributed by atoms with van der Waals surface area (Å²) in [6.45, 7) is 6.43. The van der Waals surface area contributed by atoms with Crippen LogP contribution in [-0.4, -0.2) is 10.0 Å². The van der Waals surface area contributed by atoms with Crippen LogP contribution in [-0.2, 0) is 5.41 Å². The number of azo groups is 1. The van der Waals surface area contributed by atoms with Crippen LogP contribution in [0, 0.1) is 10.1 Å². The van der Waals surface area contributed by atoms with Gasteiger partial charge in [-0.3, -0.25) is 10.1 Å². The van der Waals surface area contributed by atoms with Crippen molar-refractivity contribution in [3.8, 4) is 5.75 Å². The smallest absolute Gasteiger partial charge is 0.296 e. The number of phenols is 1. The Morgan fingerprint density at radius 3 is 2.42 bits per heavy atom. The van der Waals surface area contributed by atoms with Gasteiger partial charge >= 0.3 is 0 Å². The summed E-state index contributed by atoms with van der Waals surface area (Å²) in [4.78, 5) is 10.9. The number of hydrogen-bond donors (Lipinski definition) is 1. The number of nitro groups is 1. The first-order valence-corrected chi connectivity index (χ1v) is 8.84. The maximum Gasteiger partial charge on any atom is 0.296 e. The van der Waals surface area contributed by atoms with E-state index in [4.69, 9.17) is 0 Å². The molecule has 0 aromatic heterocycles. The number of nitro benzene ring substituents is 1. The summed E-state index contributed by atoms with van der Waals surface area (Å²) in [5.74, 6) is -0.0186. The molecular weight excluding hydrogens is 330 g/mol. The minimum Gasteiger partial charge on any atom is -0.506 e. The van der Waals surface area contributed by atoms with Gasteiger partial charge in [-0.15, -0.1) is 10.2 Å². The van der Waals surface area contributed by atoms with Crippen LogP contribution < -0.4 is 0 Å². The molecule has 2 rings (SSSR count). The Morgan fingerprint density at radius 2 is 1.77 bits per heavy atom. The summed E-state index contributed by atoms with van der Waals surface area (Å²) in [5, 5.41) is 29.2. The highest BCUT2D eigenvalue weighted by Crippen LogP contribution is 2.37. The van der Waals surface area contributed by atoms with Crippen LogP contribution >= 0.6 is 0 Å². The second-order valence-electron chi connectivity index (χ2n) is 6.99. The number of rotatable bonds is 8. The molecule has 0 unspecified atom stereocenters. The largest absolute Gasteiger partial charge is 0.506 e. The SMILES string of the molecule is CCCCCC(C)(C)c1ccc([N+](=O)[O-])c(N=Nc2ccccc2O)c1. The molecule has 138 valence electrons. The van der Waals surface area contributed by atoms with Crippen LogP contribution in [0.4, 0.5) is 17.1 Å². The van der Waals surface area contributed by atoms with Gasteiger partial charge in [0.05, 0.1) is 4.92 Å². The predicted molar refractivity (Wildman–Crippen MR) is 103 cm³/mol. The molecule has 0 saturated heterocycles.